The molecule has 0 aliphatic heterocycles. The van der Waals surface area contributed by atoms with Gasteiger partial charge in [0.25, 0.3) is 0 Å². The molecule has 9 heteroatoms. The molecule has 31 heavy (non-hydrogen) atoms. The fourth-order valence-electron chi connectivity index (χ4n) is 3.55. The number of aromatic nitrogens is 4. The molecule has 0 aliphatic rings. The first-order valence-corrected chi connectivity index (χ1v) is 10.2. The first-order valence-electron chi connectivity index (χ1n) is 10.2. The molecular formula is C22H25F2N5O2. The summed E-state index contributed by atoms with van der Waals surface area (Å²) in [4.78, 5) is 26.5. The Balaban J connectivity index is 1.85. The van der Waals surface area contributed by atoms with Gasteiger partial charge in [-0.3, -0.25) is 4.79 Å². The summed E-state index contributed by atoms with van der Waals surface area (Å²) in [6.07, 6.45) is 8.46. The molecule has 164 valence electrons. The largest absolute Gasteiger partial charge is 0.481 e. The second-order valence-electron chi connectivity index (χ2n) is 7.46. The average molecular weight is 429 g/mol. The van der Waals surface area contributed by atoms with Crippen molar-refractivity contribution in [2.45, 2.75) is 45.1 Å². The first-order chi connectivity index (χ1) is 14.9. The van der Waals surface area contributed by atoms with Crippen LogP contribution < -0.4 is 5.32 Å². The molecule has 0 saturated carbocycles. The molecule has 3 heterocycles. The first kappa shape index (κ1) is 22.3. The van der Waals surface area contributed by atoms with E-state index in [9.17, 15) is 18.7 Å². The van der Waals surface area contributed by atoms with Crippen molar-refractivity contribution in [1.82, 2.24) is 19.9 Å². The summed E-state index contributed by atoms with van der Waals surface area (Å²) in [5.41, 5.74) is 0.923. The summed E-state index contributed by atoms with van der Waals surface area (Å²) in [6, 6.07) is 0.793. The number of carbonyl (C=O) groups is 1. The van der Waals surface area contributed by atoms with Gasteiger partial charge >= 0.3 is 5.97 Å². The number of halogens is 2. The van der Waals surface area contributed by atoms with Crippen LogP contribution in [0.15, 0.2) is 37.3 Å². The molecule has 7 nitrogen and oxygen atoms in total. The molecule has 3 N–H and O–H groups in total. The van der Waals surface area contributed by atoms with Gasteiger partial charge in [0.15, 0.2) is 17.5 Å². The highest BCUT2D eigenvalue weighted by molar-refractivity contribution is 5.91. The van der Waals surface area contributed by atoms with Gasteiger partial charge in [0.1, 0.15) is 11.5 Å². The molecule has 3 rings (SSSR count). The zero-order valence-corrected chi connectivity index (χ0v) is 17.2. The van der Waals surface area contributed by atoms with Gasteiger partial charge < -0.3 is 15.4 Å². The molecule has 0 bridgehead atoms. The van der Waals surface area contributed by atoms with Crippen LogP contribution in [0.3, 0.4) is 0 Å². The van der Waals surface area contributed by atoms with E-state index in [4.69, 9.17) is 0 Å². The third kappa shape index (κ3) is 5.62. The van der Waals surface area contributed by atoms with E-state index in [2.05, 4.69) is 38.8 Å². The van der Waals surface area contributed by atoms with Crippen molar-refractivity contribution in [3.63, 3.8) is 0 Å². The van der Waals surface area contributed by atoms with Gasteiger partial charge in [-0.1, -0.05) is 19.4 Å². The number of carboxylic acids is 1. The van der Waals surface area contributed by atoms with Crippen molar-refractivity contribution in [3.05, 3.63) is 48.9 Å². The Kier molecular flexibility index (Phi) is 7.28. The van der Waals surface area contributed by atoms with Gasteiger partial charge in [-0.05, 0) is 31.2 Å². The maximum Gasteiger partial charge on any atom is 0.305 e. The lowest BCUT2D eigenvalue weighted by molar-refractivity contribution is -0.137. The van der Waals surface area contributed by atoms with Gasteiger partial charge in [0.05, 0.1) is 18.8 Å². The predicted molar refractivity (Wildman–Crippen MR) is 115 cm³/mol. The summed E-state index contributed by atoms with van der Waals surface area (Å²) in [6.45, 7) is 5.83. The molecule has 0 aromatic carbocycles. The zero-order valence-electron chi connectivity index (χ0n) is 17.2. The molecule has 0 aliphatic carbocycles. The summed E-state index contributed by atoms with van der Waals surface area (Å²) < 4.78 is 28.1. The van der Waals surface area contributed by atoms with Gasteiger partial charge in [-0.25, -0.2) is 23.7 Å². The molecule has 3 aromatic heterocycles. The SMILES string of the molecule is C=CCC(CC)CCC(CC(=O)O)Nc1nc(-c2c[nH]c3ncc(F)cc23)ncc1F. The van der Waals surface area contributed by atoms with Gasteiger partial charge in [-0.15, -0.1) is 6.58 Å². The highest BCUT2D eigenvalue weighted by Gasteiger charge is 2.19. The molecule has 0 radical (unpaired) electrons. The molecule has 0 spiro atoms. The van der Waals surface area contributed by atoms with Crippen LogP contribution in [0.5, 0.6) is 0 Å². The Morgan fingerprint density at radius 1 is 1.32 bits per heavy atom. The molecule has 3 aromatic rings. The number of nitrogens with one attached hydrogen (secondary N) is 2. The van der Waals surface area contributed by atoms with Crippen molar-refractivity contribution >= 4 is 22.8 Å². The smallest absolute Gasteiger partial charge is 0.305 e. The van der Waals surface area contributed by atoms with Crippen LogP contribution in [-0.4, -0.2) is 37.1 Å². The van der Waals surface area contributed by atoms with Crippen molar-refractivity contribution in [2.24, 2.45) is 5.92 Å². The minimum absolute atomic E-state index is 0.0910. The molecule has 0 fully saturated rings. The fourth-order valence-corrected chi connectivity index (χ4v) is 3.55. The summed E-state index contributed by atoms with van der Waals surface area (Å²) >= 11 is 0. The highest BCUT2D eigenvalue weighted by atomic mass is 19.1. The van der Waals surface area contributed by atoms with Gasteiger partial charge in [0, 0.05) is 23.2 Å². The summed E-state index contributed by atoms with van der Waals surface area (Å²) in [7, 11) is 0. The van der Waals surface area contributed by atoms with Crippen molar-refractivity contribution in [2.75, 3.05) is 5.32 Å². The van der Waals surface area contributed by atoms with Crippen LogP contribution in [-0.2, 0) is 4.79 Å². The Bertz CT molecular complexity index is 1070. The maximum atomic E-state index is 14.4. The lowest BCUT2D eigenvalue weighted by Gasteiger charge is -2.21. The van der Waals surface area contributed by atoms with Crippen LogP contribution in [0.2, 0.25) is 0 Å². The van der Waals surface area contributed by atoms with E-state index in [0.717, 1.165) is 31.7 Å². The van der Waals surface area contributed by atoms with E-state index >= 15 is 0 Å². The van der Waals surface area contributed by atoms with Crippen LogP contribution in [0.4, 0.5) is 14.6 Å². The number of H-pyrrole nitrogens is 1. The normalized spacial score (nSPS) is 13.1. The quantitative estimate of drug-likeness (QED) is 0.373. The van der Waals surface area contributed by atoms with Crippen LogP contribution in [0.25, 0.3) is 22.4 Å². The van der Waals surface area contributed by atoms with Gasteiger partial charge in [-0.2, -0.15) is 0 Å². The van der Waals surface area contributed by atoms with E-state index in [-0.39, 0.29) is 18.1 Å². The number of aromatic amines is 1. The molecular weight excluding hydrogens is 404 g/mol. The standard InChI is InChI=1S/C22H25F2N5O2/c1-3-5-13(4-2)6-7-15(9-19(30)31)28-22-18(24)12-27-21(29-22)17-11-26-20-16(17)8-14(23)10-25-20/h3,8,10-13,15H,1,4-7,9H2,2H3,(H,25,26)(H,30,31)(H,27,28,29). The van der Waals surface area contributed by atoms with E-state index in [1.165, 1.54) is 6.07 Å². The lowest BCUT2D eigenvalue weighted by Crippen LogP contribution is -2.25. The third-order valence-electron chi connectivity index (χ3n) is 5.25. The van der Waals surface area contributed by atoms with Crippen molar-refractivity contribution < 1.29 is 18.7 Å². The molecule has 2 atom stereocenters. The second-order valence-corrected chi connectivity index (χ2v) is 7.46. The molecule has 0 amide bonds. The number of anilines is 1. The van der Waals surface area contributed by atoms with Crippen LogP contribution in [0.1, 0.15) is 39.0 Å². The van der Waals surface area contributed by atoms with Crippen LogP contribution in [0, 0.1) is 17.6 Å². The maximum absolute atomic E-state index is 14.4. The Labute approximate surface area is 178 Å². The number of fused-ring (bicyclic) bond motifs is 1. The number of hydrogen-bond donors (Lipinski definition) is 3. The fraction of sp³-hybridized carbons (Fsp3) is 0.364. The average Bonchev–Trinajstić information content (AvgIpc) is 3.15. The zero-order chi connectivity index (χ0) is 22.4. The Hall–Kier alpha value is -3.36. The van der Waals surface area contributed by atoms with E-state index in [1.807, 2.05) is 6.08 Å². The minimum Gasteiger partial charge on any atom is -0.481 e. The minimum atomic E-state index is -0.984. The van der Waals surface area contributed by atoms with E-state index in [1.54, 1.807) is 6.20 Å². The number of rotatable bonds is 11. The van der Waals surface area contributed by atoms with Crippen molar-refractivity contribution in [1.29, 1.82) is 0 Å². The molecule has 0 saturated heterocycles. The summed E-state index contributed by atoms with van der Waals surface area (Å²) in [5.74, 6) is -1.72. The third-order valence-corrected chi connectivity index (χ3v) is 5.25. The van der Waals surface area contributed by atoms with Gasteiger partial charge in [0.2, 0.25) is 0 Å². The van der Waals surface area contributed by atoms with E-state index in [0.29, 0.717) is 28.9 Å². The van der Waals surface area contributed by atoms with Crippen molar-refractivity contribution in [3.8, 4) is 11.4 Å². The number of aliphatic carboxylic acids is 1. The number of hydrogen-bond acceptors (Lipinski definition) is 5. The topological polar surface area (TPSA) is 104 Å². The predicted octanol–water partition coefficient (Wildman–Crippen LogP) is 4.94. The lowest BCUT2D eigenvalue weighted by atomic mass is 9.93. The second kappa shape index (κ2) is 10.1. The number of allylic oxidation sites excluding steroid dienone is 1. The Morgan fingerprint density at radius 2 is 2.13 bits per heavy atom. The monoisotopic (exact) mass is 429 g/mol. The molecule has 2 unspecified atom stereocenters. The van der Waals surface area contributed by atoms with Crippen LogP contribution >= 0.6 is 0 Å². The summed E-state index contributed by atoms with van der Waals surface area (Å²) in [5, 5.41) is 12.7. The number of carboxylic acid groups (broad SMARTS) is 1. The highest BCUT2D eigenvalue weighted by Crippen LogP contribution is 2.27. The number of pyridine rings is 1. The Morgan fingerprint density at radius 3 is 2.84 bits per heavy atom. The van der Waals surface area contributed by atoms with E-state index < -0.39 is 23.6 Å². The number of nitrogens with zero attached hydrogens (tertiary/aromatic N) is 3.